The van der Waals surface area contributed by atoms with Crippen LogP contribution < -0.4 is 10.2 Å². The van der Waals surface area contributed by atoms with E-state index in [0.29, 0.717) is 5.56 Å². The van der Waals surface area contributed by atoms with Gasteiger partial charge in [0.05, 0.1) is 5.69 Å². The Balaban J connectivity index is 1.46. The van der Waals surface area contributed by atoms with Crippen LogP contribution in [-0.4, -0.2) is 29.0 Å². The molecule has 1 aromatic carbocycles. The van der Waals surface area contributed by atoms with Gasteiger partial charge in [0.15, 0.2) is 5.82 Å². The zero-order valence-electron chi connectivity index (χ0n) is 14.8. The Morgan fingerprint density at radius 3 is 2.44 bits per heavy atom. The molecule has 0 bridgehead atoms. The molecule has 0 aliphatic carbocycles. The topological polar surface area (TPSA) is 58.1 Å². The van der Waals surface area contributed by atoms with E-state index in [9.17, 15) is 4.79 Å². The van der Waals surface area contributed by atoms with Crippen molar-refractivity contribution >= 4 is 29.2 Å². The molecular weight excluding hydrogens is 356 g/mol. The first kappa shape index (κ1) is 17.5. The number of carbonyl (C=O) groups is 1. The summed E-state index contributed by atoms with van der Waals surface area (Å²) in [5.74, 6) is 0.725. The van der Waals surface area contributed by atoms with E-state index in [1.165, 1.54) is 12.8 Å². The fourth-order valence-electron chi connectivity index (χ4n) is 3.07. The van der Waals surface area contributed by atoms with Gasteiger partial charge in [-0.3, -0.25) is 4.79 Å². The third-order valence-electron chi connectivity index (χ3n) is 4.42. The molecular formula is C21H20N4OS. The van der Waals surface area contributed by atoms with Crippen molar-refractivity contribution < 1.29 is 4.79 Å². The highest BCUT2D eigenvalue weighted by Gasteiger charge is 2.18. The molecule has 6 heteroatoms. The molecule has 0 unspecified atom stereocenters. The summed E-state index contributed by atoms with van der Waals surface area (Å²) in [5.41, 5.74) is 1.38. The lowest BCUT2D eigenvalue weighted by Crippen LogP contribution is -2.22. The van der Waals surface area contributed by atoms with Crippen molar-refractivity contribution in [1.82, 2.24) is 9.97 Å². The standard InChI is InChI=1S/C21H20N4OS/c26-21(24-18-6-5-13-23-20(18)25-14-3-4-15-25)16-8-10-17(11-9-16)27-19-7-1-2-12-22-19/h1-2,5-13H,3-4,14-15H2,(H,24,26). The number of rotatable bonds is 5. The number of nitrogens with zero attached hydrogens (tertiary/aromatic N) is 3. The van der Waals surface area contributed by atoms with Crippen molar-refractivity contribution in [1.29, 1.82) is 0 Å². The summed E-state index contributed by atoms with van der Waals surface area (Å²) >= 11 is 1.57. The molecule has 0 atom stereocenters. The highest BCUT2D eigenvalue weighted by Crippen LogP contribution is 2.28. The number of pyridine rings is 2. The second-order valence-electron chi connectivity index (χ2n) is 6.32. The van der Waals surface area contributed by atoms with Gasteiger partial charge < -0.3 is 10.2 Å². The van der Waals surface area contributed by atoms with Crippen LogP contribution in [0.25, 0.3) is 0 Å². The van der Waals surface area contributed by atoms with Crippen LogP contribution in [0.2, 0.25) is 0 Å². The number of hydrogen-bond acceptors (Lipinski definition) is 5. The maximum atomic E-state index is 12.7. The van der Waals surface area contributed by atoms with Crippen LogP contribution in [0.1, 0.15) is 23.2 Å². The van der Waals surface area contributed by atoms with E-state index in [4.69, 9.17) is 0 Å². The fourth-order valence-corrected chi connectivity index (χ4v) is 3.85. The van der Waals surface area contributed by atoms with Gasteiger partial charge in [0.2, 0.25) is 0 Å². The Bertz CT molecular complexity index is 909. The van der Waals surface area contributed by atoms with Crippen LogP contribution in [0.15, 0.2) is 76.9 Å². The van der Waals surface area contributed by atoms with Crippen molar-refractivity contribution in [2.45, 2.75) is 22.8 Å². The average molecular weight is 376 g/mol. The number of amides is 1. The molecule has 0 spiro atoms. The molecule has 5 nitrogen and oxygen atoms in total. The van der Waals surface area contributed by atoms with Gasteiger partial charge in [-0.2, -0.15) is 0 Å². The van der Waals surface area contributed by atoms with Crippen LogP contribution in [0.5, 0.6) is 0 Å². The molecule has 27 heavy (non-hydrogen) atoms. The summed E-state index contributed by atoms with van der Waals surface area (Å²) in [4.78, 5) is 24.7. The molecule has 136 valence electrons. The van der Waals surface area contributed by atoms with Gasteiger partial charge >= 0.3 is 0 Å². The molecule has 1 aliphatic heterocycles. The normalized spacial score (nSPS) is 13.6. The number of hydrogen-bond donors (Lipinski definition) is 1. The molecule has 1 N–H and O–H groups in total. The second kappa shape index (κ2) is 8.22. The Morgan fingerprint density at radius 1 is 0.926 bits per heavy atom. The summed E-state index contributed by atoms with van der Waals surface area (Å²) in [6.07, 6.45) is 5.88. The van der Waals surface area contributed by atoms with E-state index in [-0.39, 0.29) is 5.91 Å². The lowest BCUT2D eigenvalue weighted by Gasteiger charge is -2.20. The minimum atomic E-state index is -0.127. The monoisotopic (exact) mass is 376 g/mol. The Labute approximate surface area is 162 Å². The lowest BCUT2D eigenvalue weighted by atomic mass is 10.2. The van der Waals surface area contributed by atoms with E-state index in [1.807, 2.05) is 54.6 Å². The smallest absolute Gasteiger partial charge is 0.255 e. The van der Waals surface area contributed by atoms with E-state index in [0.717, 1.165) is 34.5 Å². The van der Waals surface area contributed by atoms with E-state index in [1.54, 1.807) is 24.2 Å². The highest BCUT2D eigenvalue weighted by atomic mass is 32.2. The maximum absolute atomic E-state index is 12.7. The third-order valence-corrected chi connectivity index (χ3v) is 5.38. The predicted octanol–water partition coefficient (Wildman–Crippen LogP) is 4.48. The first-order chi connectivity index (χ1) is 13.3. The summed E-state index contributed by atoms with van der Waals surface area (Å²) in [6, 6.07) is 17.1. The molecule has 1 aliphatic rings. The molecule has 0 radical (unpaired) electrons. The van der Waals surface area contributed by atoms with Crippen molar-refractivity contribution in [2.75, 3.05) is 23.3 Å². The number of carbonyl (C=O) groups excluding carboxylic acids is 1. The van der Waals surface area contributed by atoms with Crippen molar-refractivity contribution in [2.24, 2.45) is 0 Å². The minimum Gasteiger partial charge on any atom is -0.355 e. The zero-order chi connectivity index (χ0) is 18.5. The quantitative estimate of drug-likeness (QED) is 0.711. The second-order valence-corrected chi connectivity index (χ2v) is 7.41. The first-order valence-electron chi connectivity index (χ1n) is 9.00. The molecule has 3 aromatic rings. The summed E-state index contributed by atoms with van der Waals surface area (Å²) in [5, 5.41) is 3.94. The predicted molar refractivity (Wildman–Crippen MR) is 108 cm³/mol. The molecule has 0 saturated carbocycles. The molecule has 1 fully saturated rings. The zero-order valence-corrected chi connectivity index (χ0v) is 15.7. The van der Waals surface area contributed by atoms with Gasteiger partial charge in [0.25, 0.3) is 5.91 Å². The van der Waals surface area contributed by atoms with Gasteiger partial charge in [-0.1, -0.05) is 17.8 Å². The van der Waals surface area contributed by atoms with Gasteiger partial charge in [0, 0.05) is 35.9 Å². The highest BCUT2D eigenvalue weighted by molar-refractivity contribution is 7.99. The summed E-state index contributed by atoms with van der Waals surface area (Å²) < 4.78 is 0. The largest absolute Gasteiger partial charge is 0.355 e. The van der Waals surface area contributed by atoms with Gasteiger partial charge in [-0.05, 0) is 61.4 Å². The molecule has 3 heterocycles. The van der Waals surface area contributed by atoms with E-state index in [2.05, 4.69) is 20.2 Å². The van der Waals surface area contributed by atoms with Gasteiger partial charge in [-0.25, -0.2) is 9.97 Å². The Morgan fingerprint density at radius 2 is 1.70 bits per heavy atom. The Hall–Kier alpha value is -2.86. The molecule has 1 saturated heterocycles. The van der Waals surface area contributed by atoms with Crippen LogP contribution in [-0.2, 0) is 0 Å². The van der Waals surface area contributed by atoms with E-state index < -0.39 is 0 Å². The summed E-state index contributed by atoms with van der Waals surface area (Å²) in [7, 11) is 0. The average Bonchev–Trinajstić information content (AvgIpc) is 3.24. The van der Waals surface area contributed by atoms with Crippen LogP contribution in [0.4, 0.5) is 11.5 Å². The van der Waals surface area contributed by atoms with Gasteiger partial charge in [-0.15, -0.1) is 0 Å². The van der Waals surface area contributed by atoms with Crippen LogP contribution in [0.3, 0.4) is 0 Å². The lowest BCUT2D eigenvalue weighted by molar-refractivity contribution is 0.102. The number of benzene rings is 1. The van der Waals surface area contributed by atoms with Crippen molar-refractivity contribution in [3.63, 3.8) is 0 Å². The van der Waals surface area contributed by atoms with Crippen molar-refractivity contribution in [3.05, 3.63) is 72.6 Å². The maximum Gasteiger partial charge on any atom is 0.255 e. The van der Waals surface area contributed by atoms with Crippen LogP contribution >= 0.6 is 11.8 Å². The van der Waals surface area contributed by atoms with Gasteiger partial charge in [0.1, 0.15) is 5.03 Å². The molecule has 1 amide bonds. The summed E-state index contributed by atoms with van der Waals surface area (Å²) in [6.45, 7) is 1.97. The third kappa shape index (κ3) is 4.28. The number of anilines is 2. The van der Waals surface area contributed by atoms with Crippen LogP contribution in [0, 0.1) is 0 Å². The fraction of sp³-hybridized carbons (Fsp3) is 0.190. The minimum absolute atomic E-state index is 0.127. The number of nitrogens with one attached hydrogen (secondary N) is 1. The van der Waals surface area contributed by atoms with E-state index >= 15 is 0 Å². The molecule has 2 aromatic heterocycles. The SMILES string of the molecule is O=C(Nc1cccnc1N1CCCC1)c1ccc(Sc2ccccn2)cc1. The molecule has 4 rings (SSSR count). The number of aromatic nitrogens is 2. The van der Waals surface area contributed by atoms with Crippen molar-refractivity contribution in [3.8, 4) is 0 Å². The Kier molecular flexibility index (Phi) is 5.34. The first-order valence-corrected chi connectivity index (χ1v) is 9.81.